The van der Waals surface area contributed by atoms with E-state index < -0.39 is 0 Å². The van der Waals surface area contributed by atoms with Crippen molar-refractivity contribution in [2.75, 3.05) is 18.0 Å². The van der Waals surface area contributed by atoms with Crippen LogP contribution >= 0.6 is 0 Å². The van der Waals surface area contributed by atoms with Crippen molar-refractivity contribution in [3.05, 3.63) is 23.4 Å². The third-order valence-corrected chi connectivity index (χ3v) is 4.21. The molecular formula is C16H25N3. The molecule has 0 bridgehead atoms. The Bertz CT molecular complexity index is 440. The van der Waals surface area contributed by atoms with Gasteiger partial charge in [0.15, 0.2) is 0 Å². The highest BCUT2D eigenvalue weighted by molar-refractivity contribution is 5.44. The predicted molar refractivity (Wildman–Crippen MR) is 79.5 cm³/mol. The summed E-state index contributed by atoms with van der Waals surface area (Å²) < 4.78 is 0. The number of nitrogens with one attached hydrogen (secondary N) is 1. The van der Waals surface area contributed by atoms with Crippen LogP contribution in [0.3, 0.4) is 0 Å². The fraction of sp³-hybridized carbons (Fsp3) is 0.688. The smallest absolute Gasteiger partial charge is 0.129 e. The topological polar surface area (TPSA) is 28.2 Å². The molecule has 3 heteroatoms. The lowest BCUT2D eigenvalue weighted by Gasteiger charge is -2.19. The Hall–Kier alpha value is -1.09. The molecule has 19 heavy (non-hydrogen) atoms. The lowest BCUT2D eigenvalue weighted by molar-refractivity contribution is 0.658. The van der Waals surface area contributed by atoms with Crippen LogP contribution in [0.4, 0.5) is 5.82 Å². The van der Waals surface area contributed by atoms with Crippen molar-refractivity contribution in [2.24, 2.45) is 5.92 Å². The first-order chi connectivity index (χ1) is 9.24. The van der Waals surface area contributed by atoms with E-state index in [2.05, 4.69) is 36.2 Å². The summed E-state index contributed by atoms with van der Waals surface area (Å²) in [5, 5.41) is 3.60. The zero-order valence-corrected chi connectivity index (χ0v) is 12.2. The maximum atomic E-state index is 4.81. The minimum absolute atomic E-state index is 0.772. The van der Waals surface area contributed by atoms with Crippen LogP contribution in [0.1, 0.15) is 44.4 Å². The minimum atomic E-state index is 0.772. The lowest BCUT2D eigenvalue weighted by atomic mass is 10.1. The van der Waals surface area contributed by atoms with Gasteiger partial charge in [-0.3, -0.25) is 0 Å². The van der Waals surface area contributed by atoms with E-state index in [1.54, 1.807) is 0 Å². The summed E-state index contributed by atoms with van der Waals surface area (Å²) in [7, 11) is 0. The number of hydrogen-bond donors (Lipinski definition) is 1. The lowest BCUT2D eigenvalue weighted by Crippen LogP contribution is -2.22. The predicted octanol–water partition coefficient (Wildman–Crippen LogP) is 2.74. The van der Waals surface area contributed by atoms with Gasteiger partial charge in [-0.05, 0) is 49.3 Å². The Morgan fingerprint density at radius 3 is 2.79 bits per heavy atom. The summed E-state index contributed by atoms with van der Waals surface area (Å²) in [4.78, 5) is 7.26. The second-order valence-electron chi connectivity index (χ2n) is 6.17. The Morgan fingerprint density at radius 2 is 2.16 bits per heavy atom. The van der Waals surface area contributed by atoms with E-state index in [1.165, 1.54) is 36.3 Å². The van der Waals surface area contributed by atoms with Crippen LogP contribution < -0.4 is 10.2 Å². The van der Waals surface area contributed by atoms with Gasteiger partial charge in [0.2, 0.25) is 0 Å². The molecule has 0 radical (unpaired) electrons. The molecule has 2 fully saturated rings. The van der Waals surface area contributed by atoms with Crippen LogP contribution in [0.5, 0.6) is 0 Å². The number of hydrogen-bond acceptors (Lipinski definition) is 3. The quantitative estimate of drug-likeness (QED) is 0.881. The van der Waals surface area contributed by atoms with Gasteiger partial charge in [-0.1, -0.05) is 13.8 Å². The molecule has 2 aliphatic rings. The molecular weight excluding hydrogens is 234 g/mol. The van der Waals surface area contributed by atoms with Gasteiger partial charge in [0, 0.05) is 31.4 Å². The first-order valence-corrected chi connectivity index (χ1v) is 7.72. The summed E-state index contributed by atoms with van der Waals surface area (Å²) in [5.41, 5.74) is 2.62. The van der Waals surface area contributed by atoms with Gasteiger partial charge in [0.1, 0.15) is 5.82 Å². The van der Waals surface area contributed by atoms with Crippen molar-refractivity contribution >= 4 is 5.82 Å². The summed E-state index contributed by atoms with van der Waals surface area (Å²) in [5.74, 6) is 2.00. The van der Waals surface area contributed by atoms with Crippen molar-refractivity contribution in [1.29, 1.82) is 0 Å². The number of aryl methyl sites for hydroxylation is 1. The molecule has 1 aliphatic carbocycles. The van der Waals surface area contributed by atoms with Gasteiger partial charge >= 0.3 is 0 Å². The fourth-order valence-corrected chi connectivity index (χ4v) is 2.77. The maximum absolute atomic E-state index is 4.81. The molecule has 1 aromatic heterocycles. The third kappa shape index (κ3) is 3.27. The van der Waals surface area contributed by atoms with Gasteiger partial charge in [-0.15, -0.1) is 0 Å². The SMILES string of the molecule is CCc1cc(CNC2CC2)cc(N2CCC(C)C2)n1. The molecule has 1 aromatic rings. The highest BCUT2D eigenvalue weighted by Gasteiger charge is 2.22. The molecule has 1 atom stereocenters. The van der Waals surface area contributed by atoms with Gasteiger partial charge in [0.05, 0.1) is 0 Å². The number of pyridine rings is 1. The highest BCUT2D eigenvalue weighted by atomic mass is 15.2. The second-order valence-corrected chi connectivity index (χ2v) is 6.17. The molecule has 3 nitrogen and oxygen atoms in total. The van der Waals surface area contributed by atoms with E-state index in [9.17, 15) is 0 Å². The maximum Gasteiger partial charge on any atom is 0.129 e. The van der Waals surface area contributed by atoms with Crippen molar-refractivity contribution in [1.82, 2.24) is 10.3 Å². The van der Waals surface area contributed by atoms with Crippen molar-refractivity contribution in [2.45, 2.75) is 52.1 Å². The molecule has 1 saturated carbocycles. The van der Waals surface area contributed by atoms with E-state index in [0.717, 1.165) is 38.0 Å². The van der Waals surface area contributed by atoms with Crippen LogP contribution in [-0.2, 0) is 13.0 Å². The van der Waals surface area contributed by atoms with Crippen LogP contribution in [0.15, 0.2) is 12.1 Å². The number of anilines is 1. The summed E-state index contributed by atoms with van der Waals surface area (Å²) >= 11 is 0. The molecule has 104 valence electrons. The van der Waals surface area contributed by atoms with E-state index in [4.69, 9.17) is 4.98 Å². The molecule has 0 aromatic carbocycles. The van der Waals surface area contributed by atoms with Gasteiger partial charge < -0.3 is 10.2 Å². The first kappa shape index (κ1) is 12.9. The highest BCUT2D eigenvalue weighted by Crippen LogP contribution is 2.24. The Labute approximate surface area is 116 Å². The standard InChI is InChI=1S/C16H25N3/c1-3-14-8-13(10-17-15-4-5-15)9-16(18-14)19-7-6-12(2)11-19/h8-9,12,15,17H,3-7,10-11H2,1-2H3. The average molecular weight is 259 g/mol. The number of nitrogens with zero attached hydrogens (tertiary/aromatic N) is 2. The number of aromatic nitrogens is 1. The largest absolute Gasteiger partial charge is 0.356 e. The van der Waals surface area contributed by atoms with Crippen LogP contribution in [-0.4, -0.2) is 24.1 Å². The molecule has 1 unspecified atom stereocenters. The van der Waals surface area contributed by atoms with Gasteiger partial charge in [-0.25, -0.2) is 4.98 Å². The van der Waals surface area contributed by atoms with Crippen LogP contribution in [0.2, 0.25) is 0 Å². The molecule has 2 heterocycles. The van der Waals surface area contributed by atoms with Crippen molar-refractivity contribution in [3.63, 3.8) is 0 Å². The monoisotopic (exact) mass is 259 g/mol. The fourth-order valence-electron chi connectivity index (χ4n) is 2.77. The molecule has 1 saturated heterocycles. The van der Waals surface area contributed by atoms with Gasteiger partial charge in [0.25, 0.3) is 0 Å². The zero-order chi connectivity index (χ0) is 13.2. The summed E-state index contributed by atoms with van der Waals surface area (Å²) in [6, 6.07) is 5.32. The average Bonchev–Trinajstić information content (AvgIpc) is 3.16. The first-order valence-electron chi connectivity index (χ1n) is 7.72. The zero-order valence-electron chi connectivity index (χ0n) is 12.2. The van der Waals surface area contributed by atoms with Crippen LogP contribution in [0.25, 0.3) is 0 Å². The van der Waals surface area contributed by atoms with E-state index in [-0.39, 0.29) is 0 Å². The Kier molecular flexibility index (Phi) is 3.74. The number of rotatable bonds is 5. The summed E-state index contributed by atoms with van der Waals surface area (Å²) in [6.07, 6.45) is 5.02. The normalized spacial score (nSPS) is 23.1. The van der Waals surface area contributed by atoms with Crippen molar-refractivity contribution < 1.29 is 0 Å². The van der Waals surface area contributed by atoms with E-state index in [0.29, 0.717) is 0 Å². The van der Waals surface area contributed by atoms with E-state index >= 15 is 0 Å². The molecule has 0 amide bonds. The summed E-state index contributed by atoms with van der Waals surface area (Å²) in [6.45, 7) is 7.85. The molecule has 0 spiro atoms. The van der Waals surface area contributed by atoms with E-state index in [1.807, 2.05) is 0 Å². The Morgan fingerprint density at radius 1 is 1.32 bits per heavy atom. The second kappa shape index (κ2) is 5.49. The minimum Gasteiger partial charge on any atom is -0.356 e. The van der Waals surface area contributed by atoms with Crippen molar-refractivity contribution in [3.8, 4) is 0 Å². The molecule has 3 rings (SSSR count). The third-order valence-electron chi connectivity index (χ3n) is 4.21. The molecule has 1 aliphatic heterocycles. The van der Waals surface area contributed by atoms with Crippen LogP contribution in [0, 0.1) is 5.92 Å². The Balaban J connectivity index is 1.75. The molecule has 1 N–H and O–H groups in total. The van der Waals surface area contributed by atoms with Gasteiger partial charge in [-0.2, -0.15) is 0 Å².